The molecular weight excluding hydrogens is 208 g/mol. The molecule has 0 radical (unpaired) electrons. The summed E-state index contributed by atoms with van der Waals surface area (Å²) in [4.78, 5) is 11.5. The van der Waals surface area contributed by atoms with Crippen LogP contribution in [0.1, 0.15) is 33.6 Å². The van der Waals surface area contributed by atoms with Gasteiger partial charge in [0.2, 0.25) is 0 Å². The molecule has 0 saturated carbocycles. The molecular formula is C8H16O3S2. The number of esters is 1. The summed E-state index contributed by atoms with van der Waals surface area (Å²) < 4.78 is 13.1. The first-order valence-corrected chi connectivity index (χ1v) is 6.44. The average molecular weight is 224 g/mol. The van der Waals surface area contributed by atoms with E-state index in [9.17, 15) is 4.79 Å². The van der Waals surface area contributed by atoms with Gasteiger partial charge < -0.3 is 9.29 Å². The average Bonchev–Trinajstić information content (AvgIpc) is 2.14. The summed E-state index contributed by atoms with van der Waals surface area (Å²) in [5.74, 6) is -0.230. The van der Waals surface area contributed by atoms with E-state index >= 15 is 0 Å². The predicted octanol–water partition coefficient (Wildman–Crippen LogP) is 2.96. The van der Waals surface area contributed by atoms with Gasteiger partial charge in [0.05, 0.1) is 17.7 Å². The first-order valence-electron chi connectivity index (χ1n) is 4.33. The summed E-state index contributed by atoms with van der Waals surface area (Å²) in [6, 6.07) is 0. The molecule has 0 aliphatic heterocycles. The van der Waals surface area contributed by atoms with Gasteiger partial charge in [-0.15, -0.1) is 0 Å². The molecule has 0 aromatic carbocycles. The Morgan fingerprint density at radius 1 is 1.38 bits per heavy atom. The topological polar surface area (TPSA) is 46.5 Å². The molecule has 0 aromatic rings. The molecule has 0 aliphatic rings. The number of ether oxygens (including phenoxy) is 1. The Morgan fingerprint density at radius 2 is 1.92 bits per heavy atom. The van der Waals surface area contributed by atoms with Gasteiger partial charge in [-0.25, -0.2) is 0 Å². The highest BCUT2D eigenvalue weighted by atomic mass is 33.1. The van der Waals surface area contributed by atoms with Gasteiger partial charge in [0.15, 0.2) is 0 Å². The molecule has 0 amide bonds. The fourth-order valence-corrected chi connectivity index (χ4v) is 2.87. The Balaban J connectivity index is 4.43. The monoisotopic (exact) mass is 224 g/mol. The second-order valence-electron chi connectivity index (χ2n) is 2.58. The van der Waals surface area contributed by atoms with Crippen LogP contribution < -0.4 is 0 Å². The van der Waals surface area contributed by atoms with E-state index in [2.05, 4.69) is 0 Å². The van der Waals surface area contributed by atoms with E-state index in [0.29, 0.717) is 30.5 Å². The van der Waals surface area contributed by atoms with Crippen LogP contribution >= 0.6 is 21.9 Å². The van der Waals surface area contributed by atoms with Crippen LogP contribution in [0.3, 0.4) is 0 Å². The zero-order valence-electron chi connectivity index (χ0n) is 8.20. The zero-order valence-corrected chi connectivity index (χ0v) is 9.83. The third-order valence-electron chi connectivity index (χ3n) is 1.99. The number of carbonyl (C=O) groups excluding carboxylic acids is 1. The molecule has 1 N–H and O–H groups in total. The summed E-state index contributed by atoms with van der Waals surface area (Å²) in [6.07, 6.45) is 1.33. The van der Waals surface area contributed by atoms with Gasteiger partial charge in [0.25, 0.3) is 0 Å². The van der Waals surface area contributed by atoms with Gasteiger partial charge >= 0.3 is 5.97 Å². The van der Waals surface area contributed by atoms with Crippen molar-refractivity contribution in [2.45, 2.75) is 38.4 Å². The lowest BCUT2D eigenvalue weighted by atomic mass is 10.0. The largest absolute Gasteiger partial charge is 0.465 e. The fourth-order valence-electron chi connectivity index (χ4n) is 1.02. The fraction of sp³-hybridized carbons (Fsp3) is 0.875. The highest BCUT2D eigenvalue weighted by Gasteiger charge is 2.37. The molecule has 13 heavy (non-hydrogen) atoms. The summed E-state index contributed by atoms with van der Waals surface area (Å²) in [5.41, 5.74) is 0. The number of hydrogen-bond acceptors (Lipinski definition) is 5. The lowest BCUT2D eigenvalue weighted by molar-refractivity contribution is -0.146. The van der Waals surface area contributed by atoms with E-state index in [1.807, 2.05) is 13.8 Å². The first-order chi connectivity index (χ1) is 6.16. The first kappa shape index (κ1) is 13.1. The lowest BCUT2D eigenvalue weighted by Crippen LogP contribution is -2.34. The molecule has 0 bridgehead atoms. The van der Waals surface area contributed by atoms with Gasteiger partial charge in [-0.1, -0.05) is 13.8 Å². The third-order valence-corrected chi connectivity index (χ3v) is 4.30. The van der Waals surface area contributed by atoms with Gasteiger partial charge in [0.1, 0.15) is 4.75 Å². The van der Waals surface area contributed by atoms with Crippen LogP contribution in [0.15, 0.2) is 0 Å². The van der Waals surface area contributed by atoms with Gasteiger partial charge in [0, 0.05) is 0 Å². The standard InChI is InChI=1S/C8H16O3S2/c1-4-8(5-2,12-13-10)7(9)11-6-3/h10H,4-6H2,1-3H3. The van der Waals surface area contributed by atoms with Crippen molar-refractivity contribution in [3.05, 3.63) is 0 Å². The van der Waals surface area contributed by atoms with Crippen molar-refractivity contribution in [1.29, 1.82) is 0 Å². The van der Waals surface area contributed by atoms with Crippen LogP contribution in [0.5, 0.6) is 0 Å². The van der Waals surface area contributed by atoms with Crippen molar-refractivity contribution >= 4 is 27.8 Å². The molecule has 0 aliphatic carbocycles. The molecule has 78 valence electrons. The second-order valence-corrected chi connectivity index (χ2v) is 4.62. The van der Waals surface area contributed by atoms with Crippen molar-refractivity contribution in [2.75, 3.05) is 6.61 Å². The van der Waals surface area contributed by atoms with Crippen LogP contribution in [0.25, 0.3) is 0 Å². The predicted molar refractivity (Wildman–Crippen MR) is 57.8 cm³/mol. The van der Waals surface area contributed by atoms with E-state index in [1.165, 1.54) is 10.8 Å². The van der Waals surface area contributed by atoms with Crippen LogP contribution in [0.4, 0.5) is 0 Å². The van der Waals surface area contributed by atoms with Gasteiger partial charge in [-0.3, -0.25) is 4.79 Å². The van der Waals surface area contributed by atoms with Crippen molar-refractivity contribution in [1.82, 2.24) is 0 Å². The second kappa shape index (κ2) is 6.56. The maximum absolute atomic E-state index is 11.5. The quantitative estimate of drug-likeness (QED) is 0.427. The molecule has 0 saturated heterocycles. The van der Waals surface area contributed by atoms with E-state index in [4.69, 9.17) is 9.29 Å². The normalized spacial score (nSPS) is 11.4. The Bertz CT molecular complexity index is 157. The minimum absolute atomic E-state index is 0.230. The van der Waals surface area contributed by atoms with E-state index in [0.717, 1.165) is 0 Å². The molecule has 5 heteroatoms. The molecule has 3 nitrogen and oxygen atoms in total. The summed E-state index contributed by atoms with van der Waals surface area (Å²) in [7, 11) is 1.17. The lowest BCUT2D eigenvalue weighted by Gasteiger charge is -2.26. The minimum atomic E-state index is -0.588. The van der Waals surface area contributed by atoms with Crippen molar-refractivity contribution in [3.8, 4) is 0 Å². The SMILES string of the molecule is CCOC(=O)C(CC)(CC)SSO. The third kappa shape index (κ3) is 3.40. The number of rotatable bonds is 6. The number of carbonyl (C=O) groups is 1. The van der Waals surface area contributed by atoms with Crippen molar-refractivity contribution in [3.63, 3.8) is 0 Å². The molecule has 0 spiro atoms. The van der Waals surface area contributed by atoms with Crippen LogP contribution in [-0.4, -0.2) is 21.9 Å². The highest BCUT2D eigenvalue weighted by molar-refractivity contribution is 8.75. The van der Waals surface area contributed by atoms with Crippen molar-refractivity contribution in [2.24, 2.45) is 0 Å². The van der Waals surface area contributed by atoms with Crippen LogP contribution in [0, 0.1) is 0 Å². The van der Waals surface area contributed by atoms with Crippen LogP contribution in [0.2, 0.25) is 0 Å². The molecule has 0 fully saturated rings. The van der Waals surface area contributed by atoms with E-state index < -0.39 is 4.75 Å². The van der Waals surface area contributed by atoms with E-state index in [1.54, 1.807) is 6.92 Å². The van der Waals surface area contributed by atoms with Gasteiger partial charge in [-0.05, 0) is 30.6 Å². The Labute approximate surface area is 87.2 Å². The minimum Gasteiger partial charge on any atom is -0.465 e. The highest BCUT2D eigenvalue weighted by Crippen LogP contribution is 2.40. The Morgan fingerprint density at radius 3 is 2.23 bits per heavy atom. The molecule has 0 rings (SSSR count). The summed E-state index contributed by atoms with van der Waals surface area (Å²) in [5, 5.41) is 0. The van der Waals surface area contributed by atoms with Crippen LogP contribution in [-0.2, 0) is 9.53 Å². The molecule has 0 aromatic heterocycles. The Hall–Kier alpha value is 0.130. The Kier molecular flexibility index (Phi) is 6.63. The smallest absolute Gasteiger partial charge is 0.323 e. The van der Waals surface area contributed by atoms with E-state index in [-0.39, 0.29) is 5.97 Å². The van der Waals surface area contributed by atoms with Gasteiger partial charge in [-0.2, -0.15) is 0 Å². The summed E-state index contributed by atoms with van der Waals surface area (Å²) in [6.45, 7) is 6.01. The number of hydrogen-bond donors (Lipinski definition) is 1. The maximum atomic E-state index is 11.5. The molecule has 0 unspecified atom stereocenters. The maximum Gasteiger partial charge on any atom is 0.323 e. The zero-order chi connectivity index (χ0) is 10.3. The molecule has 0 atom stereocenters. The van der Waals surface area contributed by atoms with Crippen molar-refractivity contribution < 1.29 is 14.1 Å². The molecule has 0 heterocycles. The summed E-state index contributed by atoms with van der Waals surface area (Å²) >= 11 is 0.628.